The van der Waals surface area contributed by atoms with Crippen LogP contribution in [0.4, 0.5) is 13.2 Å². The zero-order valence-corrected chi connectivity index (χ0v) is 16.1. The Hall–Kier alpha value is -2.82. The van der Waals surface area contributed by atoms with E-state index in [1.165, 1.54) is 24.4 Å². The molecule has 28 heavy (non-hydrogen) atoms. The first-order valence-corrected chi connectivity index (χ1v) is 9.13. The molecule has 8 heteroatoms. The van der Waals surface area contributed by atoms with Crippen LogP contribution in [0.5, 0.6) is 0 Å². The summed E-state index contributed by atoms with van der Waals surface area (Å²) in [5.41, 5.74) is -1.23. The van der Waals surface area contributed by atoms with Gasteiger partial charge in [-0.05, 0) is 19.1 Å². The molecule has 0 saturated carbocycles. The molecule has 0 atom stereocenters. The van der Waals surface area contributed by atoms with Crippen LogP contribution in [-0.2, 0) is 6.18 Å². The molecular weight excluding hydrogens is 409 g/mol. The molecule has 3 rings (SSSR count). The Labute approximate surface area is 169 Å². The molecule has 0 saturated heterocycles. The quantitative estimate of drug-likeness (QED) is 0.358. The van der Waals surface area contributed by atoms with Crippen molar-refractivity contribution in [1.29, 1.82) is 5.26 Å². The summed E-state index contributed by atoms with van der Waals surface area (Å²) in [5, 5.41) is 19.8. The summed E-state index contributed by atoms with van der Waals surface area (Å²) in [6, 6.07) is 17.2. The van der Waals surface area contributed by atoms with E-state index in [2.05, 4.69) is 4.98 Å². The third kappa shape index (κ3) is 5.35. The number of aliphatic hydroxyl groups excluding tert-OH is 1. The van der Waals surface area contributed by atoms with Crippen molar-refractivity contribution in [3.63, 3.8) is 0 Å². The smallest absolute Gasteiger partial charge is 0.417 e. The van der Waals surface area contributed by atoms with Gasteiger partial charge >= 0.3 is 6.18 Å². The van der Waals surface area contributed by atoms with E-state index in [9.17, 15) is 18.3 Å². The van der Waals surface area contributed by atoms with Crippen LogP contribution in [0.3, 0.4) is 0 Å². The number of rotatable bonds is 2. The van der Waals surface area contributed by atoms with Crippen molar-refractivity contribution >= 4 is 28.5 Å². The maximum absolute atomic E-state index is 13.1. The summed E-state index contributed by atoms with van der Waals surface area (Å²) < 4.78 is 39.3. The van der Waals surface area contributed by atoms with E-state index in [0.29, 0.717) is 0 Å². The molecule has 0 aliphatic rings. The topological polar surface area (TPSA) is 56.9 Å². The standard InChI is InChI=1S/C14H8ClF3N2OS.C6H6/c1-7(21)8(5-19)13-20-11(6-22-13)12-9(14(16,17)18)3-2-4-10(12)15;1-2-4-6-5-3-1/h2-4,6,21H,1H3;1-6H/b8-7-;. The molecule has 0 bridgehead atoms. The second-order valence-electron chi connectivity index (χ2n) is 5.42. The Kier molecular flexibility index (Phi) is 7.21. The van der Waals surface area contributed by atoms with E-state index >= 15 is 0 Å². The third-order valence-corrected chi connectivity index (χ3v) is 4.61. The second kappa shape index (κ2) is 9.40. The number of nitrogens with zero attached hydrogens (tertiary/aromatic N) is 2. The van der Waals surface area contributed by atoms with Gasteiger partial charge in [0.2, 0.25) is 0 Å². The van der Waals surface area contributed by atoms with Crippen molar-refractivity contribution in [3.05, 3.63) is 81.3 Å². The van der Waals surface area contributed by atoms with Gasteiger partial charge in [0.1, 0.15) is 22.4 Å². The van der Waals surface area contributed by atoms with Crippen molar-refractivity contribution in [1.82, 2.24) is 4.98 Å². The third-order valence-electron chi connectivity index (χ3n) is 3.43. The number of thiazole rings is 1. The highest BCUT2D eigenvalue weighted by atomic mass is 35.5. The number of aliphatic hydroxyl groups is 1. The second-order valence-corrected chi connectivity index (χ2v) is 6.69. The van der Waals surface area contributed by atoms with Gasteiger partial charge in [-0.2, -0.15) is 18.4 Å². The summed E-state index contributed by atoms with van der Waals surface area (Å²) in [4.78, 5) is 4.00. The minimum atomic E-state index is -4.58. The Balaban J connectivity index is 0.000000397. The lowest BCUT2D eigenvalue weighted by atomic mass is 10.0. The molecule has 1 heterocycles. The van der Waals surface area contributed by atoms with E-state index in [1.807, 2.05) is 36.4 Å². The number of hydrogen-bond donors (Lipinski definition) is 1. The molecule has 0 fully saturated rings. The lowest BCUT2D eigenvalue weighted by molar-refractivity contribution is -0.137. The summed E-state index contributed by atoms with van der Waals surface area (Å²) in [7, 11) is 0. The van der Waals surface area contributed by atoms with E-state index in [4.69, 9.17) is 16.9 Å². The number of halogens is 4. The Bertz CT molecular complexity index is 978. The monoisotopic (exact) mass is 422 g/mol. The molecule has 0 amide bonds. The molecule has 0 spiro atoms. The van der Waals surface area contributed by atoms with Crippen molar-refractivity contribution in [3.8, 4) is 17.3 Å². The maximum atomic E-state index is 13.1. The average Bonchev–Trinajstić information content (AvgIpc) is 3.12. The van der Waals surface area contributed by atoms with Crippen LogP contribution in [0.2, 0.25) is 5.02 Å². The normalized spacial score (nSPS) is 11.7. The van der Waals surface area contributed by atoms with Crippen LogP contribution < -0.4 is 0 Å². The molecule has 1 aromatic heterocycles. The van der Waals surface area contributed by atoms with E-state index < -0.39 is 11.7 Å². The zero-order chi connectivity index (χ0) is 20.7. The van der Waals surface area contributed by atoms with Crippen LogP contribution in [0.15, 0.2) is 65.7 Å². The molecular formula is C20H14ClF3N2OS. The highest BCUT2D eigenvalue weighted by Crippen LogP contribution is 2.41. The van der Waals surface area contributed by atoms with Crippen LogP contribution in [0.25, 0.3) is 16.8 Å². The fourth-order valence-electron chi connectivity index (χ4n) is 2.19. The van der Waals surface area contributed by atoms with Gasteiger partial charge in [-0.3, -0.25) is 0 Å². The number of alkyl halides is 3. The molecule has 0 unspecified atom stereocenters. The maximum Gasteiger partial charge on any atom is 0.417 e. The molecule has 0 aliphatic carbocycles. The van der Waals surface area contributed by atoms with Gasteiger partial charge in [0, 0.05) is 10.9 Å². The predicted octanol–water partition coefficient (Wildman–Crippen LogP) is 6.98. The van der Waals surface area contributed by atoms with Crippen LogP contribution >= 0.6 is 22.9 Å². The van der Waals surface area contributed by atoms with E-state index in [0.717, 1.165) is 17.4 Å². The van der Waals surface area contributed by atoms with Gasteiger partial charge in [0.05, 0.1) is 16.3 Å². The van der Waals surface area contributed by atoms with Gasteiger partial charge in [-0.1, -0.05) is 54.1 Å². The van der Waals surface area contributed by atoms with Crippen molar-refractivity contribution < 1.29 is 18.3 Å². The summed E-state index contributed by atoms with van der Waals surface area (Å²) in [6.45, 7) is 1.30. The number of hydrogen-bond acceptors (Lipinski definition) is 4. The van der Waals surface area contributed by atoms with Gasteiger partial charge in [-0.15, -0.1) is 11.3 Å². The first-order valence-electron chi connectivity index (χ1n) is 7.87. The van der Waals surface area contributed by atoms with Crippen molar-refractivity contribution in [2.24, 2.45) is 0 Å². The van der Waals surface area contributed by atoms with E-state index in [1.54, 1.807) is 6.07 Å². The highest BCUT2D eigenvalue weighted by molar-refractivity contribution is 7.11. The van der Waals surface area contributed by atoms with Crippen LogP contribution in [0.1, 0.15) is 17.5 Å². The van der Waals surface area contributed by atoms with Crippen LogP contribution in [0, 0.1) is 11.3 Å². The summed E-state index contributed by atoms with van der Waals surface area (Å²) in [6.07, 6.45) is -4.58. The molecule has 0 radical (unpaired) electrons. The van der Waals surface area contributed by atoms with Gasteiger partial charge in [-0.25, -0.2) is 4.98 Å². The first-order chi connectivity index (χ1) is 13.3. The molecule has 144 valence electrons. The van der Waals surface area contributed by atoms with Crippen LogP contribution in [-0.4, -0.2) is 10.1 Å². The van der Waals surface area contributed by atoms with Gasteiger partial charge in [0.15, 0.2) is 0 Å². The Morgan fingerprint density at radius 1 is 1.11 bits per heavy atom. The molecule has 2 aromatic carbocycles. The fourth-order valence-corrected chi connectivity index (χ4v) is 3.32. The fraction of sp³-hybridized carbons (Fsp3) is 0.100. The minimum Gasteiger partial charge on any atom is -0.511 e. The predicted molar refractivity (Wildman–Crippen MR) is 105 cm³/mol. The molecule has 3 aromatic rings. The summed E-state index contributed by atoms with van der Waals surface area (Å²) >= 11 is 6.85. The molecule has 0 aliphatic heterocycles. The zero-order valence-electron chi connectivity index (χ0n) is 14.5. The summed E-state index contributed by atoms with van der Waals surface area (Å²) in [5.74, 6) is -0.251. The van der Waals surface area contributed by atoms with E-state index in [-0.39, 0.29) is 32.6 Å². The minimum absolute atomic E-state index is 0.00641. The Morgan fingerprint density at radius 2 is 1.68 bits per heavy atom. The molecule has 1 N–H and O–H groups in total. The first kappa shape index (κ1) is 21.5. The number of nitriles is 1. The van der Waals surface area contributed by atoms with Gasteiger partial charge < -0.3 is 5.11 Å². The lowest BCUT2D eigenvalue weighted by Crippen LogP contribution is -2.07. The SMILES string of the molecule is C/C(O)=C(\C#N)c1nc(-c2c(Cl)cccc2C(F)(F)F)cs1.c1ccccc1. The largest absolute Gasteiger partial charge is 0.511 e. The highest BCUT2D eigenvalue weighted by Gasteiger charge is 2.35. The number of allylic oxidation sites excluding steroid dienone is 2. The van der Waals surface area contributed by atoms with Crippen molar-refractivity contribution in [2.45, 2.75) is 13.1 Å². The number of aromatic nitrogens is 1. The lowest BCUT2D eigenvalue weighted by Gasteiger charge is -2.12. The average molecular weight is 423 g/mol. The number of benzene rings is 2. The van der Waals surface area contributed by atoms with Gasteiger partial charge in [0.25, 0.3) is 0 Å². The Morgan fingerprint density at radius 3 is 2.14 bits per heavy atom. The van der Waals surface area contributed by atoms with Crippen molar-refractivity contribution in [2.75, 3.05) is 0 Å². The molecule has 3 nitrogen and oxygen atoms in total.